The minimum Gasteiger partial charge on any atom is -0.507 e. The van der Waals surface area contributed by atoms with Gasteiger partial charge in [0.15, 0.2) is 0 Å². The van der Waals surface area contributed by atoms with Gasteiger partial charge in [-0.3, -0.25) is 4.90 Å². The van der Waals surface area contributed by atoms with Gasteiger partial charge >= 0.3 is 5.97 Å². The predicted molar refractivity (Wildman–Crippen MR) is 114 cm³/mol. The van der Waals surface area contributed by atoms with E-state index >= 15 is 0 Å². The summed E-state index contributed by atoms with van der Waals surface area (Å²) in [4.78, 5) is 17.9. The zero-order valence-corrected chi connectivity index (χ0v) is 16.7. The molecule has 1 aliphatic heterocycles. The predicted octanol–water partition coefficient (Wildman–Crippen LogP) is 5.10. The second-order valence-corrected chi connectivity index (χ2v) is 7.88. The molecule has 0 radical (unpaired) electrons. The highest BCUT2D eigenvalue weighted by molar-refractivity contribution is 6.15. The lowest BCUT2D eigenvalue weighted by molar-refractivity contribution is 0.0698. The van der Waals surface area contributed by atoms with Gasteiger partial charge in [0.25, 0.3) is 0 Å². The van der Waals surface area contributed by atoms with Gasteiger partial charge < -0.3 is 14.6 Å². The van der Waals surface area contributed by atoms with E-state index in [4.69, 9.17) is 4.42 Å². The Labute approximate surface area is 177 Å². The van der Waals surface area contributed by atoms with Crippen LogP contribution in [0.2, 0.25) is 0 Å². The van der Waals surface area contributed by atoms with Crippen LogP contribution >= 0.6 is 0 Å². The number of likely N-dealkylation sites (tertiary alicyclic amines) is 1. The van der Waals surface area contributed by atoms with Gasteiger partial charge in [0.1, 0.15) is 23.2 Å². The number of aromatic hydroxyl groups is 1. The molecule has 2 aromatic heterocycles. The maximum atomic E-state index is 14.1. The summed E-state index contributed by atoms with van der Waals surface area (Å²) in [5, 5.41) is 22.8. The molecule has 1 aliphatic rings. The van der Waals surface area contributed by atoms with Gasteiger partial charge in [-0.15, -0.1) is 0 Å². The molecule has 4 aromatic rings. The fraction of sp³-hybridized carbons (Fsp3) is 0.250. The number of nitrogens with zero attached hydrogens (tertiary/aromatic N) is 2. The maximum absolute atomic E-state index is 14.1. The van der Waals surface area contributed by atoms with E-state index in [1.807, 2.05) is 6.07 Å². The molecular formula is C24H21FN2O4. The van der Waals surface area contributed by atoms with Gasteiger partial charge in [-0.1, -0.05) is 30.7 Å². The van der Waals surface area contributed by atoms with Crippen molar-refractivity contribution in [2.75, 3.05) is 13.1 Å². The van der Waals surface area contributed by atoms with Crippen LogP contribution in [-0.4, -0.2) is 39.2 Å². The molecule has 2 aromatic carbocycles. The van der Waals surface area contributed by atoms with E-state index in [0.29, 0.717) is 32.9 Å². The number of rotatable bonds is 4. The molecule has 5 rings (SSSR count). The number of aromatic carboxylic acids is 1. The number of phenols is 1. The van der Waals surface area contributed by atoms with Crippen molar-refractivity contribution in [2.45, 2.75) is 25.3 Å². The highest BCUT2D eigenvalue weighted by atomic mass is 19.1. The summed E-state index contributed by atoms with van der Waals surface area (Å²) >= 11 is 0. The molecule has 0 saturated carbocycles. The molecule has 6 nitrogen and oxygen atoms in total. The molecule has 31 heavy (non-hydrogen) atoms. The Morgan fingerprint density at radius 3 is 2.58 bits per heavy atom. The zero-order valence-electron chi connectivity index (χ0n) is 16.7. The quantitative estimate of drug-likeness (QED) is 0.447. The number of pyridine rings is 1. The highest BCUT2D eigenvalue weighted by Crippen LogP contribution is 2.46. The Morgan fingerprint density at radius 1 is 1.13 bits per heavy atom. The molecule has 158 valence electrons. The second-order valence-electron chi connectivity index (χ2n) is 7.88. The van der Waals surface area contributed by atoms with Gasteiger partial charge in [-0.25, -0.2) is 9.78 Å². The molecule has 1 unspecified atom stereocenters. The largest absolute Gasteiger partial charge is 0.507 e. The first kappa shape index (κ1) is 19.5. The third-order valence-electron chi connectivity index (χ3n) is 6.07. The van der Waals surface area contributed by atoms with E-state index in [0.717, 1.165) is 32.4 Å². The van der Waals surface area contributed by atoms with Gasteiger partial charge in [0, 0.05) is 27.9 Å². The standard InChI is InChI=1S/C24H21FN2O4/c25-18-12-14(8-9-26-18)21(27-10-4-1-5-11-27)20-19-17(24(29)30)13-31-23(19)16-7-3-2-6-15(16)22(20)28/h2-3,6-9,12-13,21,28H,1,4-5,10-11H2,(H,29,30). The van der Waals surface area contributed by atoms with Crippen LogP contribution < -0.4 is 0 Å². The maximum Gasteiger partial charge on any atom is 0.339 e. The number of hydrogen-bond donors (Lipinski definition) is 2. The molecule has 1 fully saturated rings. The molecule has 7 heteroatoms. The van der Waals surface area contributed by atoms with Gasteiger partial charge in [-0.05, 0) is 43.6 Å². The number of piperidine rings is 1. The van der Waals surface area contributed by atoms with Crippen molar-refractivity contribution in [3.8, 4) is 5.75 Å². The van der Waals surface area contributed by atoms with Crippen LogP contribution in [-0.2, 0) is 0 Å². The molecule has 1 atom stereocenters. The second kappa shape index (κ2) is 7.67. The summed E-state index contributed by atoms with van der Waals surface area (Å²) in [6.45, 7) is 1.51. The molecule has 1 saturated heterocycles. The Hall–Kier alpha value is -3.45. The Morgan fingerprint density at radius 2 is 1.87 bits per heavy atom. The SMILES string of the molecule is O=C(O)c1coc2c1c(C(c1ccnc(F)c1)N1CCCCC1)c(O)c1ccccc12. The summed E-state index contributed by atoms with van der Waals surface area (Å²) in [5.74, 6) is -1.78. The molecule has 0 spiro atoms. The first-order valence-electron chi connectivity index (χ1n) is 10.3. The number of halogens is 1. The van der Waals surface area contributed by atoms with Crippen molar-refractivity contribution >= 4 is 27.7 Å². The smallest absolute Gasteiger partial charge is 0.339 e. The van der Waals surface area contributed by atoms with Crippen molar-refractivity contribution in [3.05, 3.63) is 71.5 Å². The van der Waals surface area contributed by atoms with Crippen molar-refractivity contribution < 1.29 is 23.8 Å². The number of carbonyl (C=O) groups is 1. The van der Waals surface area contributed by atoms with Crippen LogP contribution in [0, 0.1) is 5.95 Å². The van der Waals surface area contributed by atoms with E-state index in [2.05, 4.69) is 9.88 Å². The molecule has 0 bridgehead atoms. The van der Waals surface area contributed by atoms with Gasteiger partial charge in [0.05, 0.1) is 6.04 Å². The van der Waals surface area contributed by atoms with E-state index in [-0.39, 0.29) is 11.3 Å². The summed E-state index contributed by atoms with van der Waals surface area (Å²) in [6, 6.07) is 9.70. The monoisotopic (exact) mass is 420 g/mol. The molecule has 3 heterocycles. The van der Waals surface area contributed by atoms with Crippen molar-refractivity contribution in [1.82, 2.24) is 9.88 Å². The third kappa shape index (κ3) is 3.21. The Balaban J connectivity index is 1.89. The number of carboxylic acid groups (broad SMARTS) is 1. The lowest BCUT2D eigenvalue weighted by Crippen LogP contribution is -2.34. The first-order valence-corrected chi connectivity index (χ1v) is 10.3. The average molecular weight is 420 g/mol. The summed E-state index contributed by atoms with van der Waals surface area (Å²) < 4.78 is 19.8. The van der Waals surface area contributed by atoms with Crippen molar-refractivity contribution in [2.24, 2.45) is 0 Å². The lowest BCUT2D eigenvalue weighted by Gasteiger charge is -2.36. The number of fused-ring (bicyclic) bond motifs is 3. The average Bonchev–Trinajstić information content (AvgIpc) is 3.23. The van der Waals surface area contributed by atoms with Crippen LogP contribution in [0.5, 0.6) is 5.75 Å². The molecule has 2 N–H and O–H groups in total. The number of carboxylic acids is 1. The Bertz CT molecular complexity index is 1290. The van der Waals surface area contributed by atoms with Crippen LogP contribution in [0.3, 0.4) is 0 Å². The number of phenolic OH excluding ortho intramolecular Hbond substituents is 1. The number of benzene rings is 2. The number of furan rings is 1. The molecular weight excluding hydrogens is 399 g/mol. The first-order chi connectivity index (χ1) is 15.1. The van der Waals surface area contributed by atoms with E-state index < -0.39 is 18.0 Å². The minimum absolute atomic E-state index is 0.0141. The van der Waals surface area contributed by atoms with E-state index in [1.54, 1.807) is 24.3 Å². The zero-order chi connectivity index (χ0) is 21.5. The fourth-order valence-electron chi connectivity index (χ4n) is 4.72. The normalized spacial score (nSPS) is 16.0. The summed E-state index contributed by atoms with van der Waals surface area (Å²) in [6.07, 6.45) is 5.64. The summed E-state index contributed by atoms with van der Waals surface area (Å²) in [5.41, 5.74) is 1.41. The summed E-state index contributed by atoms with van der Waals surface area (Å²) in [7, 11) is 0. The Kier molecular flexibility index (Phi) is 4.82. The lowest BCUT2D eigenvalue weighted by atomic mass is 9.88. The molecule has 0 amide bonds. The number of hydrogen-bond acceptors (Lipinski definition) is 5. The topological polar surface area (TPSA) is 86.8 Å². The fourth-order valence-corrected chi connectivity index (χ4v) is 4.72. The van der Waals surface area contributed by atoms with Crippen LogP contribution in [0.25, 0.3) is 21.7 Å². The van der Waals surface area contributed by atoms with Gasteiger partial charge in [-0.2, -0.15) is 4.39 Å². The van der Waals surface area contributed by atoms with Gasteiger partial charge in [0.2, 0.25) is 5.95 Å². The molecule has 0 aliphatic carbocycles. The number of aromatic nitrogens is 1. The highest BCUT2D eigenvalue weighted by Gasteiger charge is 2.32. The van der Waals surface area contributed by atoms with Crippen LogP contribution in [0.1, 0.15) is 46.8 Å². The van der Waals surface area contributed by atoms with Crippen molar-refractivity contribution in [3.63, 3.8) is 0 Å². The van der Waals surface area contributed by atoms with E-state index in [1.165, 1.54) is 18.5 Å². The van der Waals surface area contributed by atoms with Crippen LogP contribution in [0.15, 0.2) is 53.3 Å². The van der Waals surface area contributed by atoms with Crippen LogP contribution in [0.4, 0.5) is 4.39 Å². The van der Waals surface area contributed by atoms with E-state index in [9.17, 15) is 19.4 Å². The minimum atomic E-state index is -1.15. The van der Waals surface area contributed by atoms with Crippen molar-refractivity contribution in [1.29, 1.82) is 0 Å². The third-order valence-corrected chi connectivity index (χ3v) is 6.07.